The van der Waals surface area contributed by atoms with Crippen molar-refractivity contribution in [1.82, 2.24) is 0 Å². The first-order valence-electron chi connectivity index (χ1n) is 4.76. The Labute approximate surface area is 99.5 Å². The van der Waals surface area contributed by atoms with Gasteiger partial charge in [-0.05, 0) is 0 Å². The fraction of sp³-hybridized carbons (Fsp3) is 0.250. The molecular formula is C12H13NO4. The summed E-state index contributed by atoms with van der Waals surface area (Å²) in [5, 5.41) is 0. The van der Waals surface area contributed by atoms with Crippen molar-refractivity contribution < 1.29 is 19.0 Å². The third kappa shape index (κ3) is 2.82. The molecule has 0 heterocycles. The van der Waals surface area contributed by atoms with E-state index in [1.807, 2.05) is 0 Å². The minimum absolute atomic E-state index is 0.0906. The first kappa shape index (κ1) is 12.7. The van der Waals surface area contributed by atoms with E-state index in [9.17, 15) is 4.79 Å². The molecule has 0 unspecified atom stereocenters. The molecule has 0 bridgehead atoms. The maximum Gasteiger partial charge on any atom is 0.340 e. The van der Waals surface area contributed by atoms with Crippen molar-refractivity contribution in [3.05, 3.63) is 17.7 Å². The molecule has 0 aliphatic carbocycles. The van der Waals surface area contributed by atoms with Crippen LogP contribution >= 0.6 is 0 Å². The lowest BCUT2D eigenvalue weighted by Crippen LogP contribution is -2.07. The highest BCUT2D eigenvalue weighted by atomic mass is 16.5. The third-order valence-corrected chi connectivity index (χ3v) is 2.05. The predicted octanol–water partition coefficient (Wildman–Crippen LogP) is 1.08. The summed E-state index contributed by atoms with van der Waals surface area (Å²) in [4.78, 5) is 11.4. The van der Waals surface area contributed by atoms with Gasteiger partial charge in [-0.1, -0.05) is 5.92 Å². The van der Waals surface area contributed by atoms with Crippen molar-refractivity contribution in [2.45, 2.75) is 0 Å². The summed E-state index contributed by atoms with van der Waals surface area (Å²) in [6, 6.07) is 2.93. The van der Waals surface area contributed by atoms with E-state index in [1.54, 1.807) is 0 Å². The number of rotatable bonds is 4. The van der Waals surface area contributed by atoms with Crippen LogP contribution in [0.25, 0.3) is 0 Å². The molecule has 0 aliphatic heterocycles. The lowest BCUT2D eigenvalue weighted by Gasteiger charge is -2.12. The second-order valence-corrected chi connectivity index (χ2v) is 3.07. The standard InChI is InChI=1S/C12H13NO4/c1-4-5-17-11-7-9(13)8(12(14)16-3)6-10(11)15-2/h1,6-7H,5,13H2,2-3H3. The molecule has 17 heavy (non-hydrogen) atoms. The van der Waals surface area contributed by atoms with Crippen LogP contribution in [-0.2, 0) is 4.74 Å². The molecule has 1 aromatic rings. The van der Waals surface area contributed by atoms with E-state index in [0.29, 0.717) is 11.5 Å². The summed E-state index contributed by atoms with van der Waals surface area (Å²) in [5.74, 6) is 2.54. The number of nitrogen functional groups attached to an aromatic ring is 1. The van der Waals surface area contributed by atoms with Crippen LogP contribution in [0.1, 0.15) is 10.4 Å². The molecule has 90 valence electrons. The fourth-order valence-corrected chi connectivity index (χ4v) is 1.25. The van der Waals surface area contributed by atoms with E-state index >= 15 is 0 Å². The van der Waals surface area contributed by atoms with Gasteiger partial charge in [0, 0.05) is 12.1 Å². The first-order valence-corrected chi connectivity index (χ1v) is 4.76. The second kappa shape index (κ2) is 5.66. The molecule has 2 N–H and O–H groups in total. The Morgan fingerprint density at radius 1 is 1.41 bits per heavy atom. The highest BCUT2D eigenvalue weighted by Crippen LogP contribution is 2.32. The first-order chi connectivity index (χ1) is 8.13. The molecule has 0 saturated heterocycles. The van der Waals surface area contributed by atoms with E-state index in [2.05, 4.69) is 10.7 Å². The maximum absolute atomic E-state index is 11.4. The number of methoxy groups -OCH3 is 2. The van der Waals surface area contributed by atoms with Crippen LogP contribution in [0, 0.1) is 12.3 Å². The zero-order valence-electron chi connectivity index (χ0n) is 9.65. The smallest absolute Gasteiger partial charge is 0.340 e. The van der Waals surface area contributed by atoms with Gasteiger partial charge in [0.05, 0.1) is 25.5 Å². The second-order valence-electron chi connectivity index (χ2n) is 3.07. The Balaban J connectivity index is 3.15. The van der Waals surface area contributed by atoms with Gasteiger partial charge in [0.1, 0.15) is 6.61 Å². The lowest BCUT2D eigenvalue weighted by molar-refractivity contribution is 0.0601. The SMILES string of the molecule is C#CCOc1cc(N)c(C(=O)OC)cc1OC. The normalized spacial score (nSPS) is 9.24. The van der Waals surface area contributed by atoms with Gasteiger partial charge in [-0.15, -0.1) is 6.42 Å². The zero-order valence-corrected chi connectivity index (χ0v) is 9.65. The maximum atomic E-state index is 11.4. The molecule has 1 aromatic carbocycles. The molecule has 0 aromatic heterocycles. The summed E-state index contributed by atoms with van der Waals surface area (Å²) in [5.41, 5.74) is 6.17. The summed E-state index contributed by atoms with van der Waals surface area (Å²) >= 11 is 0. The minimum atomic E-state index is -0.538. The molecule has 0 amide bonds. The van der Waals surface area contributed by atoms with Gasteiger partial charge >= 0.3 is 5.97 Å². The Kier molecular flexibility index (Phi) is 4.23. The summed E-state index contributed by atoms with van der Waals surface area (Å²) in [6.07, 6.45) is 5.08. The minimum Gasteiger partial charge on any atom is -0.493 e. The number of carbonyl (C=O) groups excluding carboxylic acids is 1. The van der Waals surface area contributed by atoms with Gasteiger partial charge in [-0.3, -0.25) is 0 Å². The largest absolute Gasteiger partial charge is 0.493 e. The van der Waals surface area contributed by atoms with Crippen molar-refractivity contribution in [2.75, 3.05) is 26.6 Å². The number of nitrogens with two attached hydrogens (primary N) is 1. The van der Waals surface area contributed by atoms with Gasteiger partial charge in [-0.2, -0.15) is 0 Å². The molecule has 5 nitrogen and oxygen atoms in total. The van der Waals surface area contributed by atoms with Crippen LogP contribution in [0.3, 0.4) is 0 Å². The highest BCUT2D eigenvalue weighted by Gasteiger charge is 2.15. The highest BCUT2D eigenvalue weighted by molar-refractivity contribution is 5.96. The Hall–Kier alpha value is -2.35. The Morgan fingerprint density at radius 3 is 2.65 bits per heavy atom. The van der Waals surface area contributed by atoms with Gasteiger partial charge in [-0.25, -0.2) is 4.79 Å². The molecule has 0 aliphatic rings. The Bertz CT molecular complexity index is 462. The number of esters is 1. The summed E-state index contributed by atoms with van der Waals surface area (Å²) < 4.78 is 14.9. The van der Waals surface area contributed by atoms with Crippen LogP contribution in [-0.4, -0.2) is 26.8 Å². The number of benzene rings is 1. The average molecular weight is 235 g/mol. The van der Waals surface area contributed by atoms with Crippen molar-refractivity contribution in [3.8, 4) is 23.8 Å². The average Bonchev–Trinajstić information content (AvgIpc) is 2.35. The van der Waals surface area contributed by atoms with Gasteiger partial charge in [0.2, 0.25) is 0 Å². The van der Waals surface area contributed by atoms with Crippen LogP contribution in [0.4, 0.5) is 5.69 Å². The number of terminal acetylenes is 1. The molecule has 5 heteroatoms. The van der Waals surface area contributed by atoms with Gasteiger partial charge in [0.25, 0.3) is 0 Å². The number of carbonyl (C=O) groups is 1. The quantitative estimate of drug-likeness (QED) is 0.480. The van der Waals surface area contributed by atoms with Crippen LogP contribution in [0.5, 0.6) is 11.5 Å². The molecule has 1 rings (SSSR count). The van der Waals surface area contributed by atoms with E-state index < -0.39 is 5.97 Å². The Morgan fingerprint density at radius 2 is 2.12 bits per heavy atom. The molecule has 0 spiro atoms. The number of anilines is 1. The molecule has 0 fully saturated rings. The van der Waals surface area contributed by atoms with E-state index in [0.717, 1.165) is 0 Å². The van der Waals surface area contributed by atoms with Crippen molar-refractivity contribution in [3.63, 3.8) is 0 Å². The van der Waals surface area contributed by atoms with Crippen molar-refractivity contribution in [1.29, 1.82) is 0 Å². The van der Waals surface area contributed by atoms with E-state index in [4.69, 9.17) is 21.6 Å². The number of hydrogen-bond acceptors (Lipinski definition) is 5. The molecule has 0 radical (unpaired) electrons. The summed E-state index contributed by atoms with van der Waals surface area (Å²) in [7, 11) is 2.73. The van der Waals surface area contributed by atoms with Gasteiger partial charge < -0.3 is 19.9 Å². The lowest BCUT2D eigenvalue weighted by atomic mass is 10.1. The number of ether oxygens (including phenoxy) is 3. The fourth-order valence-electron chi connectivity index (χ4n) is 1.25. The van der Waals surface area contributed by atoms with Crippen LogP contribution in [0.2, 0.25) is 0 Å². The van der Waals surface area contributed by atoms with Gasteiger partial charge in [0.15, 0.2) is 11.5 Å². The van der Waals surface area contributed by atoms with Crippen molar-refractivity contribution >= 4 is 11.7 Å². The van der Waals surface area contributed by atoms with E-state index in [1.165, 1.54) is 26.4 Å². The monoisotopic (exact) mass is 235 g/mol. The summed E-state index contributed by atoms with van der Waals surface area (Å²) in [6.45, 7) is 0.0906. The van der Waals surface area contributed by atoms with Crippen molar-refractivity contribution in [2.24, 2.45) is 0 Å². The zero-order chi connectivity index (χ0) is 12.8. The third-order valence-electron chi connectivity index (χ3n) is 2.05. The van der Waals surface area contributed by atoms with E-state index in [-0.39, 0.29) is 17.9 Å². The predicted molar refractivity (Wildman–Crippen MR) is 63.1 cm³/mol. The molecule has 0 saturated carbocycles. The topological polar surface area (TPSA) is 70.8 Å². The van der Waals surface area contributed by atoms with Crippen LogP contribution in [0.15, 0.2) is 12.1 Å². The molecular weight excluding hydrogens is 222 g/mol. The number of hydrogen-bond donors (Lipinski definition) is 1. The molecule has 0 atom stereocenters. The van der Waals surface area contributed by atoms with Crippen LogP contribution < -0.4 is 15.2 Å².